The highest BCUT2D eigenvalue weighted by Gasteiger charge is 2.33. The van der Waals surface area contributed by atoms with Crippen LogP contribution >= 0.6 is 0 Å². The lowest BCUT2D eigenvalue weighted by Gasteiger charge is -2.16. The third kappa shape index (κ3) is 2.84. The molecule has 4 nitrogen and oxygen atoms in total. The van der Waals surface area contributed by atoms with Crippen molar-refractivity contribution in [1.29, 1.82) is 0 Å². The van der Waals surface area contributed by atoms with Crippen LogP contribution in [0.3, 0.4) is 0 Å². The molecule has 0 aliphatic heterocycles. The molecule has 1 aliphatic carbocycles. The fraction of sp³-hybridized carbons (Fsp3) is 0.385. The first-order valence-electron chi connectivity index (χ1n) is 5.65. The van der Waals surface area contributed by atoms with Crippen molar-refractivity contribution in [3.05, 3.63) is 35.9 Å². The summed E-state index contributed by atoms with van der Waals surface area (Å²) in [5, 5.41) is 2.73. The molecule has 0 aromatic heterocycles. The number of methoxy groups -OCH3 is 1. The van der Waals surface area contributed by atoms with Gasteiger partial charge in [-0.05, 0) is 18.4 Å². The van der Waals surface area contributed by atoms with Gasteiger partial charge in [0, 0.05) is 5.92 Å². The molecule has 0 spiro atoms. The van der Waals surface area contributed by atoms with Crippen molar-refractivity contribution >= 4 is 11.9 Å². The molecule has 0 bridgehead atoms. The van der Waals surface area contributed by atoms with Gasteiger partial charge >= 0.3 is 5.97 Å². The van der Waals surface area contributed by atoms with Gasteiger partial charge in [-0.15, -0.1) is 0 Å². The fourth-order valence-electron chi connectivity index (χ4n) is 1.65. The van der Waals surface area contributed by atoms with Crippen LogP contribution in [-0.4, -0.2) is 19.0 Å². The second-order valence-electron chi connectivity index (χ2n) is 4.15. The van der Waals surface area contributed by atoms with Crippen LogP contribution in [0, 0.1) is 5.92 Å². The summed E-state index contributed by atoms with van der Waals surface area (Å²) in [6.45, 7) is 0. The number of hydrogen-bond acceptors (Lipinski definition) is 3. The molecule has 17 heavy (non-hydrogen) atoms. The van der Waals surface area contributed by atoms with E-state index in [9.17, 15) is 9.59 Å². The second-order valence-corrected chi connectivity index (χ2v) is 4.15. The van der Waals surface area contributed by atoms with Gasteiger partial charge in [-0.3, -0.25) is 4.79 Å². The summed E-state index contributed by atoms with van der Waals surface area (Å²) in [4.78, 5) is 23.3. The second kappa shape index (κ2) is 4.99. The van der Waals surface area contributed by atoms with Crippen LogP contribution in [0.2, 0.25) is 0 Å². The van der Waals surface area contributed by atoms with Crippen LogP contribution in [0.15, 0.2) is 30.3 Å². The van der Waals surface area contributed by atoms with Gasteiger partial charge in [-0.2, -0.15) is 0 Å². The van der Waals surface area contributed by atoms with E-state index in [0.29, 0.717) is 0 Å². The van der Waals surface area contributed by atoms with E-state index >= 15 is 0 Å². The molecule has 0 radical (unpaired) electrons. The molecule has 2 rings (SSSR count). The van der Waals surface area contributed by atoms with Crippen molar-refractivity contribution in [3.63, 3.8) is 0 Å². The number of hydrogen-bond donors (Lipinski definition) is 1. The van der Waals surface area contributed by atoms with E-state index in [4.69, 9.17) is 4.74 Å². The van der Waals surface area contributed by atoms with E-state index in [0.717, 1.165) is 18.4 Å². The highest BCUT2D eigenvalue weighted by molar-refractivity contribution is 5.87. The molecule has 0 saturated heterocycles. The predicted octanol–water partition coefficient (Wildman–Crippen LogP) is 1.43. The Hall–Kier alpha value is -1.84. The van der Waals surface area contributed by atoms with Crippen molar-refractivity contribution in [2.24, 2.45) is 5.92 Å². The third-order valence-corrected chi connectivity index (χ3v) is 2.80. The molecule has 1 aliphatic rings. The van der Waals surface area contributed by atoms with Crippen molar-refractivity contribution in [2.75, 3.05) is 7.11 Å². The zero-order valence-electron chi connectivity index (χ0n) is 9.68. The number of nitrogens with one attached hydrogen (secondary N) is 1. The number of carbonyl (C=O) groups excluding carboxylic acids is 2. The smallest absolute Gasteiger partial charge is 0.333 e. The molecule has 0 heterocycles. The molecule has 1 N–H and O–H groups in total. The molecule has 1 atom stereocenters. The van der Waals surface area contributed by atoms with Gasteiger partial charge in [-0.1, -0.05) is 30.3 Å². The highest BCUT2D eigenvalue weighted by atomic mass is 16.5. The zero-order chi connectivity index (χ0) is 12.3. The lowest BCUT2D eigenvalue weighted by atomic mass is 10.1. The van der Waals surface area contributed by atoms with Crippen LogP contribution in [0.4, 0.5) is 0 Å². The summed E-state index contributed by atoms with van der Waals surface area (Å²) < 4.78 is 4.71. The van der Waals surface area contributed by atoms with E-state index in [2.05, 4.69) is 5.32 Å². The number of ether oxygens (including phenoxy) is 1. The lowest BCUT2D eigenvalue weighted by Crippen LogP contribution is -2.35. The van der Waals surface area contributed by atoms with E-state index in [1.807, 2.05) is 18.2 Å². The SMILES string of the molecule is COC(=O)C(NC(=O)C1CC1)c1ccccc1. The van der Waals surface area contributed by atoms with E-state index in [1.165, 1.54) is 7.11 Å². The van der Waals surface area contributed by atoms with Crippen molar-refractivity contribution in [1.82, 2.24) is 5.32 Å². The molecule has 90 valence electrons. The molecule has 1 amide bonds. The van der Waals surface area contributed by atoms with Gasteiger partial charge in [0.2, 0.25) is 5.91 Å². The summed E-state index contributed by atoms with van der Waals surface area (Å²) in [7, 11) is 1.32. The molecule has 4 heteroatoms. The first-order valence-corrected chi connectivity index (χ1v) is 5.65. The maximum Gasteiger partial charge on any atom is 0.333 e. The third-order valence-electron chi connectivity index (χ3n) is 2.80. The molecule has 1 fully saturated rings. The van der Waals surface area contributed by atoms with E-state index < -0.39 is 12.0 Å². The van der Waals surface area contributed by atoms with Crippen LogP contribution < -0.4 is 5.32 Å². The topological polar surface area (TPSA) is 55.4 Å². The summed E-state index contributed by atoms with van der Waals surface area (Å²) in [6.07, 6.45) is 1.82. The number of carbonyl (C=O) groups is 2. The molecular formula is C13H15NO3. The van der Waals surface area contributed by atoms with Gasteiger partial charge in [0.1, 0.15) is 0 Å². The first-order chi connectivity index (χ1) is 8.22. The molecule has 1 saturated carbocycles. The van der Waals surface area contributed by atoms with Gasteiger partial charge in [0.15, 0.2) is 6.04 Å². The van der Waals surface area contributed by atoms with Crippen LogP contribution in [0.5, 0.6) is 0 Å². The van der Waals surface area contributed by atoms with Crippen molar-refractivity contribution in [2.45, 2.75) is 18.9 Å². The number of esters is 1. The zero-order valence-corrected chi connectivity index (χ0v) is 9.68. The van der Waals surface area contributed by atoms with E-state index in [1.54, 1.807) is 12.1 Å². The maximum absolute atomic E-state index is 11.7. The lowest BCUT2D eigenvalue weighted by molar-refractivity contribution is -0.145. The Bertz CT molecular complexity index is 412. The van der Waals surface area contributed by atoms with E-state index in [-0.39, 0.29) is 11.8 Å². The minimum atomic E-state index is -0.700. The van der Waals surface area contributed by atoms with Crippen molar-refractivity contribution < 1.29 is 14.3 Å². The quantitative estimate of drug-likeness (QED) is 0.800. The molecule has 1 aromatic carbocycles. The normalized spacial score (nSPS) is 16.1. The summed E-state index contributed by atoms with van der Waals surface area (Å²) in [5.41, 5.74) is 0.744. The van der Waals surface area contributed by atoms with Gasteiger partial charge in [0.25, 0.3) is 0 Å². The monoisotopic (exact) mass is 233 g/mol. The average Bonchev–Trinajstić information content (AvgIpc) is 3.20. The van der Waals surface area contributed by atoms with Gasteiger partial charge < -0.3 is 10.1 Å². The first kappa shape index (κ1) is 11.6. The Labute approximate surface area is 100.0 Å². The Kier molecular flexibility index (Phi) is 3.42. The standard InChI is InChI=1S/C13H15NO3/c1-17-13(16)11(9-5-3-2-4-6-9)14-12(15)10-7-8-10/h2-6,10-11H,7-8H2,1H3,(H,14,15). The highest BCUT2D eigenvalue weighted by Crippen LogP contribution is 2.30. The largest absolute Gasteiger partial charge is 0.467 e. The fourth-order valence-corrected chi connectivity index (χ4v) is 1.65. The number of amides is 1. The summed E-state index contributed by atoms with van der Waals surface area (Å²) in [6, 6.07) is 8.42. The minimum Gasteiger partial charge on any atom is -0.467 e. The molecule has 1 aromatic rings. The Morgan fingerprint density at radius 2 is 1.94 bits per heavy atom. The summed E-state index contributed by atoms with van der Waals surface area (Å²) >= 11 is 0. The number of rotatable bonds is 4. The Balaban J connectivity index is 2.13. The Morgan fingerprint density at radius 1 is 1.29 bits per heavy atom. The average molecular weight is 233 g/mol. The molecular weight excluding hydrogens is 218 g/mol. The van der Waals surface area contributed by atoms with Crippen LogP contribution in [0.1, 0.15) is 24.4 Å². The van der Waals surface area contributed by atoms with Crippen molar-refractivity contribution in [3.8, 4) is 0 Å². The van der Waals surface area contributed by atoms with Crippen LogP contribution in [-0.2, 0) is 14.3 Å². The maximum atomic E-state index is 11.7. The van der Waals surface area contributed by atoms with Gasteiger partial charge in [-0.25, -0.2) is 4.79 Å². The number of benzene rings is 1. The predicted molar refractivity (Wildman–Crippen MR) is 62.1 cm³/mol. The minimum absolute atomic E-state index is 0.0655. The Morgan fingerprint density at radius 3 is 2.47 bits per heavy atom. The summed E-state index contributed by atoms with van der Waals surface area (Å²) in [5.74, 6) is -0.430. The van der Waals surface area contributed by atoms with Gasteiger partial charge in [0.05, 0.1) is 7.11 Å². The molecule has 1 unspecified atom stereocenters. The van der Waals surface area contributed by atoms with Crippen LogP contribution in [0.25, 0.3) is 0 Å².